The van der Waals surface area contributed by atoms with Crippen LogP contribution in [0.2, 0.25) is 0 Å². The number of ketones is 2. The molecule has 0 radical (unpaired) electrons. The van der Waals surface area contributed by atoms with Crippen molar-refractivity contribution >= 4 is 17.4 Å². The Labute approximate surface area is 131 Å². The molecule has 0 unspecified atom stereocenters. The molecule has 1 heterocycles. The van der Waals surface area contributed by atoms with Crippen molar-refractivity contribution in [1.82, 2.24) is 4.98 Å². The van der Waals surface area contributed by atoms with E-state index in [0.29, 0.717) is 6.54 Å². The number of benzene rings is 1. The van der Waals surface area contributed by atoms with Crippen molar-refractivity contribution in [3.05, 3.63) is 58.9 Å². The number of carbonyl (C=O) groups excluding carboxylic acids is 2. The van der Waals surface area contributed by atoms with Crippen molar-refractivity contribution < 1.29 is 19.8 Å². The van der Waals surface area contributed by atoms with Crippen LogP contribution in [0.5, 0.6) is 11.5 Å². The maximum Gasteiger partial charge on any atom is 0.202 e. The number of rotatable bonds is 3. The van der Waals surface area contributed by atoms with Gasteiger partial charge in [-0.15, -0.1) is 0 Å². The zero-order valence-corrected chi connectivity index (χ0v) is 11.9. The summed E-state index contributed by atoms with van der Waals surface area (Å²) in [6.07, 6.45) is 4.35. The highest BCUT2D eigenvalue weighted by Crippen LogP contribution is 2.38. The van der Waals surface area contributed by atoms with Gasteiger partial charge < -0.3 is 21.3 Å². The number of aromatic nitrogens is 1. The molecule has 7 nitrogen and oxygen atoms in total. The van der Waals surface area contributed by atoms with Gasteiger partial charge in [-0.2, -0.15) is 0 Å². The van der Waals surface area contributed by atoms with Crippen LogP contribution in [-0.2, 0) is 0 Å². The van der Waals surface area contributed by atoms with E-state index >= 15 is 0 Å². The van der Waals surface area contributed by atoms with Gasteiger partial charge >= 0.3 is 0 Å². The summed E-state index contributed by atoms with van der Waals surface area (Å²) in [5.74, 6) is -1.61. The molecular formula is C16H13N3O4. The highest BCUT2D eigenvalue weighted by molar-refractivity contribution is 6.31. The number of hydrogen-bond donors (Lipinski definition) is 4. The first-order valence-corrected chi connectivity index (χ1v) is 6.80. The van der Waals surface area contributed by atoms with Gasteiger partial charge in [-0.1, -0.05) is 0 Å². The summed E-state index contributed by atoms with van der Waals surface area (Å²) in [5, 5.41) is 22.7. The Morgan fingerprint density at radius 3 is 2.35 bits per heavy atom. The third-order valence-electron chi connectivity index (χ3n) is 3.56. The minimum Gasteiger partial charge on any atom is -0.507 e. The second kappa shape index (κ2) is 5.45. The first-order valence-electron chi connectivity index (χ1n) is 6.80. The van der Waals surface area contributed by atoms with E-state index in [1.54, 1.807) is 6.08 Å². The molecule has 5 N–H and O–H groups in total. The van der Waals surface area contributed by atoms with Crippen LogP contribution in [0.4, 0.5) is 5.82 Å². The highest BCUT2D eigenvalue weighted by atomic mass is 16.3. The molecule has 23 heavy (non-hydrogen) atoms. The van der Waals surface area contributed by atoms with Gasteiger partial charge in [-0.05, 0) is 30.5 Å². The van der Waals surface area contributed by atoms with E-state index in [0.717, 1.165) is 0 Å². The first kappa shape index (κ1) is 14.6. The van der Waals surface area contributed by atoms with E-state index in [1.807, 2.05) is 0 Å². The van der Waals surface area contributed by atoms with Crippen LogP contribution in [0, 0.1) is 0 Å². The Morgan fingerprint density at radius 2 is 1.70 bits per heavy atom. The quantitative estimate of drug-likeness (QED) is 0.535. The molecule has 7 heteroatoms. The zero-order chi connectivity index (χ0) is 16.6. The number of fused-ring (bicyclic) bond motifs is 2. The van der Waals surface area contributed by atoms with Crippen molar-refractivity contribution in [2.75, 3.05) is 11.9 Å². The molecule has 0 spiro atoms. The van der Waals surface area contributed by atoms with Gasteiger partial charge in [0.15, 0.2) is 5.78 Å². The molecule has 0 saturated carbocycles. The summed E-state index contributed by atoms with van der Waals surface area (Å²) < 4.78 is 0. The van der Waals surface area contributed by atoms with E-state index in [-0.39, 0.29) is 39.6 Å². The van der Waals surface area contributed by atoms with E-state index in [9.17, 15) is 19.8 Å². The zero-order valence-electron chi connectivity index (χ0n) is 11.9. The molecule has 2 aromatic rings. The number of pyridine rings is 1. The maximum absolute atomic E-state index is 12.7. The standard InChI is InChI=1S/C16H13N3O4/c17-5-1-6-18-16-11-8(4-7-19-16)14(22)12-9(20)2-3-10(21)13(12)15(11)23/h1-5,7,20-21H,6,17H2,(H,18,19). The van der Waals surface area contributed by atoms with Crippen molar-refractivity contribution in [3.63, 3.8) is 0 Å². The topological polar surface area (TPSA) is 126 Å². The molecule has 1 aromatic carbocycles. The number of nitrogens with one attached hydrogen (secondary N) is 1. The smallest absolute Gasteiger partial charge is 0.202 e. The van der Waals surface area contributed by atoms with Gasteiger partial charge in [0.2, 0.25) is 5.78 Å². The van der Waals surface area contributed by atoms with Crippen LogP contribution in [0.25, 0.3) is 0 Å². The molecule has 1 aliphatic carbocycles. The van der Waals surface area contributed by atoms with E-state index < -0.39 is 11.6 Å². The summed E-state index contributed by atoms with van der Waals surface area (Å²) in [7, 11) is 0. The molecule has 0 saturated heterocycles. The number of aromatic hydroxyl groups is 2. The fourth-order valence-corrected chi connectivity index (χ4v) is 2.54. The fourth-order valence-electron chi connectivity index (χ4n) is 2.54. The van der Waals surface area contributed by atoms with Crippen LogP contribution in [0.15, 0.2) is 36.7 Å². The molecule has 3 rings (SSSR count). The van der Waals surface area contributed by atoms with Gasteiger partial charge in [-0.25, -0.2) is 4.98 Å². The number of nitrogens with two attached hydrogens (primary N) is 1. The first-order chi connectivity index (χ1) is 11.1. The van der Waals surface area contributed by atoms with Gasteiger partial charge in [0.1, 0.15) is 17.3 Å². The number of carbonyl (C=O) groups is 2. The molecule has 0 atom stereocenters. The average Bonchev–Trinajstić information content (AvgIpc) is 2.54. The van der Waals surface area contributed by atoms with Crippen LogP contribution >= 0.6 is 0 Å². The Bertz CT molecular complexity index is 859. The molecule has 1 aliphatic rings. The van der Waals surface area contributed by atoms with Gasteiger partial charge in [0, 0.05) is 18.3 Å². The Hall–Kier alpha value is -3.35. The third-order valence-corrected chi connectivity index (χ3v) is 3.56. The largest absolute Gasteiger partial charge is 0.507 e. The monoisotopic (exact) mass is 311 g/mol. The lowest BCUT2D eigenvalue weighted by Crippen LogP contribution is -2.23. The molecule has 1 aromatic heterocycles. The average molecular weight is 311 g/mol. The molecular weight excluding hydrogens is 298 g/mol. The molecule has 0 amide bonds. The minimum absolute atomic E-state index is 0.0660. The third kappa shape index (κ3) is 2.18. The fraction of sp³-hybridized carbons (Fsp3) is 0.0625. The number of phenols is 2. The highest BCUT2D eigenvalue weighted by Gasteiger charge is 2.36. The lowest BCUT2D eigenvalue weighted by atomic mass is 9.83. The van der Waals surface area contributed by atoms with Gasteiger partial charge in [0.25, 0.3) is 0 Å². The molecule has 116 valence electrons. The second-order valence-corrected chi connectivity index (χ2v) is 4.90. The Morgan fingerprint density at radius 1 is 1.04 bits per heavy atom. The maximum atomic E-state index is 12.7. The SMILES string of the molecule is NC=CCNc1nccc2c1C(=O)c1c(O)ccc(O)c1C2=O. The van der Waals surface area contributed by atoms with E-state index in [4.69, 9.17) is 5.73 Å². The molecule has 0 bridgehead atoms. The van der Waals surface area contributed by atoms with Crippen LogP contribution in [0.3, 0.4) is 0 Å². The van der Waals surface area contributed by atoms with Crippen molar-refractivity contribution in [1.29, 1.82) is 0 Å². The number of nitrogens with zero attached hydrogens (tertiary/aromatic N) is 1. The summed E-state index contributed by atoms with van der Waals surface area (Å²) in [6.45, 7) is 0.320. The normalized spacial score (nSPS) is 13.0. The predicted octanol–water partition coefficient (Wildman–Crippen LogP) is 1.15. The summed E-state index contributed by atoms with van der Waals surface area (Å²) in [6, 6.07) is 3.76. The predicted molar refractivity (Wildman–Crippen MR) is 82.7 cm³/mol. The molecule has 0 fully saturated rings. The Balaban J connectivity index is 2.20. The summed E-state index contributed by atoms with van der Waals surface area (Å²) in [4.78, 5) is 29.4. The lowest BCUT2D eigenvalue weighted by Gasteiger charge is -2.21. The second-order valence-electron chi connectivity index (χ2n) is 4.90. The van der Waals surface area contributed by atoms with Crippen molar-refractivity contribution in [2.24, 2.45) is 5.73 Å². The summed E-state index contributed by atoms with van der Waals surface area (Å²) >= 11 is 0. The van der Waals surface area contributed by atoms with E-state index in [2.05, 4.69) is 10.3 Å². The van der Waals surface area contributed by atoms with Gasteiger partial charge in [-0.3, -0.25) is 9.59 Å². The van der Waals surface area contributed by atoms with Crippen molar-refractivity contribution in [2.45, 2.75) is 0 Å². The molecule has 0 aliphatic heterocycles. The Kier molecular flexibility index (Phi) is 3.46. The lowest BCUT2D eigenvalue weighted by molar-refractivity contribution is 0.0974. The number of anilines is 1. The van der Waals surface area contributed by atoms with Crippen LogP contribution in [0.1, 0.15) is 31.8 Å². The van der Waals surface area contributed by atoms with Crippen molar-refractivity contribution in [3.8, 4) is 11.5 Å². The van der Waals surface area contributed by atoms with Crippen LogP contribution < -0.4 is 11.1 Å². The van der Waals surface area contributed by atoms with E-state index in [1.165, 1.54) is 30.6 Å². The number of phenolic OH excluding ortho intramolecular Hbond substituents is 2. The number of hydrogen-bond acceptors (Lipinski definition) is 7. The van der Waals surface area contributed by atoms with Gasteiger partial charge in [0.05, 0.1) is 16.7 Å². The summed E-state index contributed by atoms with van der Waals surface area (Å²) in [5.41, 5.74) is 5.04. The van der Waals surface area contributed by atoms with Crippen LogP contribution in [-0.4, -0.2) is 33.3 Å². The minimum atomic E-state index is -0.574.